The summed E-state index contributed by atoms with van der Waals surface area (Å²) in [6.45, 7) is 3.14. The minimum Gasteiger partial charge on any atom is -0.493 e. The van der Waals surface area contributed by atoms with E-state index in [1.807, 2.05) is 12.1 Å². The summed E-state index contributed by atoms with van der Waals surface area (Å²) in [6, 6.07) is 7.33. The molecule has 1 aliphatic rings. The highest BCUT2D eigenvalue weighted by molar-refractivity contribution is 5.74. The van der Waals surface area contributed by atoms with E-state index in [4.69, 9.17) is 4.74 Å². The summed E-state index contributed by atoms with van der Waals surface area (Å²) in [5.41, 5.74) is 0.698. The molecule has 0 radical (unpaired) electrons. The molecular weight excluding hydrogens is 212 g/mol. The van der Waals surface area contributed by atoms with Gasteiger partial charge < -0.3 is 4.74 Å². The highest BCUT2D eigenvalue weighted by atomic mass is 16.5. The SMILES string of the molecule is CC1CCC(COc2ccc(C=O)cc2)CC1. The van der Waals surface area contributed by atoms with Crippen molar-refractivity contribution < 1.29 is 9.53 Å². The first-order valence-electron chi connectivity index (χ1n) is 6.46. The van der Waals surface area contributed by atoms with E-state index in [0.29, 0.717) is 11.5 Å². The van der Waals surface area contributed by atoms with Crippen molar-refractivity contribution in [3.8, 4) is 5.75 Å². The second-order valence-electron chi connectivity index (χ2n) is 5.12. The van der Waals surface area contributed by atoms with Gasteiger partial charge >= 0.3 is 0 Å². The lowest BCUT2D eigenvalue weighted by Crippen LogP contribution is -2.18. The standard InChI is InChI=1S/C15H20O2/c1-12-2-4-14(5-3-12)11-17-15-8-6-13(10-16)7-9-15/h6-10,12,14H,2-5,11H2,1H3. The predicted octanol–water partition coefficient (Wildman–Crippen LogP) is 3.70. The molecule has 0 bridgehead atoms. The fourth-order valence-corrected chi connectivity index (χ4v) is 2.35. The van der Waals surface area contributed by atoms with Crippen LogP contribution in [0.2, 0.25) is 0 Å². The number of aldehydes is 1. The normalized spacial score (nSPS) is 24.3. The fourth-order valence-electron chi connectivity index (χ4n) is 2.35. The van der Waals surface area contributed by atoms with Crippen LogP contribution in [0.15, 0.2) is 24.3 Å². The van der Waals surface area contributed by atoms with Gasteiger partial charge in [0.25, 0.3) is 0 Å². The topological polar surface area (TPSA) is 26.3 Å². The van der Waals surface area contributed by atoms with Crippen molar-refractivity contribution in [3.05, 3.63) is 29.8 Å². The predicted molar refractivity (Wildman–Crippen MR) is 68.4 cm³/mol. The monoisotopic (exact) mass is 232 g/mol. The lowest BCUT2D eigenvalue weighted by molar-refractivity contribution is 0.112. The molecule has 0 unspecified atom stereocenters. The largest absolute Gasteiger partial charge is 0.493 e. The molecule has 0 aliphatic heterocycles. The Balaban J connectivity index is 1.79. The van der Waals surface area contributed by atoms with Crippen LogP contribution in [0.4, 0.5) is 0 Å². The van der Waals surface area contributed by atoms with Crippen molar-refractivity contribution >= 4 is 6.29 Å². The van der Waals surface area contributed by atoms with E-state index in [0.717, 1.165) is 24.6 Å². The molecule has 1 saturated carbocycles. The Kier molecular flexibility index (Phi) is 4.18. The van der Waals surface area contributed by atoms with Gasteiger partial charge in [0.2, 0.25) is 0 Å². The van der Waals surface area contributed by atoms with Crippen LogP contribution in [0.1, 0.15) is 43.0 Å². The van der Waals surface area contributed by atoms with Crippen LogP contribution in [0, 0.1) is 11.8 Å². The molecule has 0 amide bonds. The molecule has 2 rings (SSSR count). The summed E-state index contributed by atoms with van der Waals surface area (Å²) in [6.07, 6.45) is 6.09. The number of ether oxygens (including phenoxy) is 1. The van der Waals surface area contributed by atoms with Gasteiger partial charge in [0.1, 0.15) is 12.0 Å². The van der Waals surface area contributed by atoms with Crippen molar-refractivity contribution in [3.63, 3.8) is 0 Å². The van der Waals surface area contributed by atoms with Crippen molar-refractivity contribution in [2.45, 2.75) is 32.6 Å². The van der Waals surface area contributed by atoms with Gasteiger partial charge in [-0.2, -0.15) is 0 Å². The highest BCUT2D eigenvalue weighted by Crippen LogP contribution is 2.28. The molecule has 0 heterocycles. The second-order valence-corrected chi connectivity index (χ2v) is 5.12. The van der Waals surface area contributed by atoms with Crippen molar-refractivity contribution in [2.24, 2.45) is 11.8 Å². The fraction of sp³-hybridized carbons (Fsp3) is 0.533. The Bertz CT molecular complexity index is 348. The molecule has 1 fully saturated rings. The van der Waals surface area contributed by atoms with Crippen molar-refractivity contribution in [1.82, 2.24) is 0 Å². The van der Waals surface area contributed by atoms with E-state index in [2.05, 4.69) is 6.92 Å². The van der Waals surface area contributed by atoms with Gasteiger partial charge in [-0.1, -0.05) is 19.8 Å². The third-order valence-corrected chi connectivity index (χ3v) is 3.64. The number of carbonyl (C=O) groups is 1. The molecule has 2 heteroatoms. The molecule has 0 atom stereocenters. The summed E-state index contributed by atoms with van der Waals surface area (Å²) >= 11 is 0. The van der Waals surface area contributed by atoms with Gasteiger partial charge in [-0.05, 0) is 48.9 Å². The molecular formula is C15H20O2. The van der Waals surface area contributed by atoms with E-state index in [1.54, 1.807) is 12.1 Å². The van der Waals surface area contributed by atoms with Crippen LogP contribution in [0.5, 0.6) is 5.75 Å². The molecule has 0 N–H and O–H groups in total. The smallest absolute Gasteiger partial charge is 0.150 e. The van der Waals surface area contributed by atoms with Crippen LogP contribution in [-0.2, 0) is 0 Å². The van der Waals surface area contributed by atoms with Crippen LogP contribution in [0.3, 0.4) is 0 Å². The summed E-state index contributed by atoms with van der Waals surface area (Å²) in [5, 5.41) is 0. The zero-order chi connectivity index (χ0) is 12.1. The molecule has 0 spiro atoms. The second kappa shape index (κ2) is 5.85. The molecule has 0 saturated heterocycles. The Labute approximate surface area is 103 Å². The molecule has 1 aromatic rings. The number of hydrogen-bond donors (Lipinski definition) is 0. The average Bonchev–Trinajstić information content (AvgIpc) is 2.39. The van der Waals surface area contributed by atoms with Crippen LogP contribution >= 0.6 is 0 Å². The molecule has 1 aliphatic carbocycles. The van der Waals surface area contributed by atoms with Crippen molar-refractivity contribution in [1.29, 1.82) is 0 Å². The summed E-state index contributed by atoms with van der Waals surface area (Å²) in [5.74, 6) is 2.46. The maximum absolute atomic E-state index is 10.5. The Hall–Kier alpha value is -1.31. The van der Waals surface area contributed by atoms with Crippen LogP contribution < -0.4 is 4.74 Å². The first-order valence-corrected chi connectivity index (χ1v) is 6.46. The number of hydrogen-bond acceptors (Lipinski definition) is 2. The average molecular weight is 232 g/mol. The van der Waals surface area contributed by atoms with Gasteiger partial charge in [-0.15, -0.1) is 0 Å². The van der Waals surface area contributed by atoms with Gasteiger partial charge in [0.15, 0.2) is 0 Å². The van der Waals surface area contributed by atoms with Gasteiger partial charge in [0, 0.05) is 5.56 Å². The lowest BCUT2D eigenvalue weighted by atomic mass is 9.83. The van der Waals surface area contributed by atoms with Gasteiger partial charge in [0.05, 0.1) is 6.61 Å². The zero-order valence-corrected chi connectivity index (χ0v) is 10.4. The van der Waals surface area contributed by atoms with E-state index in [1.165, 1.54) is 25.7 Å². The maximum Gasteiger partial charge on any atom is 0.150 e. The molecule has 0 aromatic heterocycles. The molecule has 92 valence electrons. The first kappa shape index (κ1) is 12.2. The maximum atomic E-state index is 10.5. The minimum atomic E-state index is 0.698. The van der Waals surface area contributed by atoms with E-state index >= 15 is 0 Å². The third-order valence-electron chi connectivity index (χ3n) is 3.64. The summed E-state index contributed by atoms with van der Waals surface area (Å²) < 4.78 is 5.76. The summed E-state index contributed by atoms with van der Waals surface area (Å²) in [4.78, 5) is 10.5. The Morgan fingerprint density at radius 1 is 1.18 bits per heavy atom. The summed E-state index contributed by atoms with van der Waals surface area (Å²) in [7, 11) is 0. The molecule has 17 heavy (non-hydrogen) atoms. The molecule has 1 aromatic carbocycles. The van der Waals surface area contributed by atoms with Crippen LogP contribution in [0.25, 0.3) is 0 Å². The Morgan fingerprint density at radius 2 is 1.82 bits per heavy atom. The van der Waals surface area contributed by atoms with Crippen molar-refractivity contribution in [2.75, 3.05) is 6.61 Å². The number of rotatable bonds is 4. The Morgan fingerprint density at radius 3 is 2.41 bits per heavy atom. The van der Waals surface area contributed by atoms with Crippen LogP contribution in [-0.4, -0.2) is 12.9 Å². The highest BCUT2D eigenvalue weighted by Gasteiger charge is 2.18. The third kappa shape index (κ3) is 3.58. The zero-order valence-electron chi connectivity index (χ0n) is 10.4. The van der Waals surface area contributed by atoms with Gasteiger partial charge in [-0.3, -0.25) is 4.79 Å². The van der Waals surface area contributed by atoms with Gasteiger partial charge in [-0.25, -0.2) is 0 Å². The quantitative estimate of drug-likeness (QED) is 0.740. The van der Waals surface area contributed by atoms with E-state index in [-0.39, 0.29) is 0 Å². The first-order chi connectivity index (χ1) is 8.28. The number of benzene rings is 1. The van der Waals surface area contributed by atoms with E-state index < -0.39 is 0 Å². The lowest BCUT2D eigenvalue weighted by Gasteiger charge is -2.26. The molecule has 2 nitrogen and oxygen atoms in total. The minimum absolute atomic E-state index is 0.698. The van der Waals surface area contributed by atoms with E-state index in [9.17, 15) is 4.79 Å². The number of carbonyl (C=O) groups excluding carboxylic acids is 1.